The summed E-state index contributed by atoms with van der Waals surface area (Å²) < 4.78 is 6.90. The Bertz CT molecular complexity index is 544. The fourth-order valence-electron chi connectivity index (χ4n) is 1.34. The van der Waals surface area contributed by atoms with Crippen LogP contribution in [0.2, 0.25) is 10.0 Å². The van der Waals surface area contributed by atoms with Gasteiger partial charge in [0.25, 0.3) is 0 Å². The van der Waals surface area contributed by atoms with Crippen LogP contribution >= 0.6 is 55.1 Å². The summed E-state index contributed by atoms with van der Waals surface area (Å²) in [5.74, 6) is 0.626. The van der Waals surface area contributed by atoms with Gasteiger partial charge in [0.15, 0.2) is 10.4 Å². The molecule has 0 aliphatic rings. The van der Waals surface area contributed by atoms with Crippen LogP contribution in [0, 0.1) is 0 Å². The third-order valence-corrected chi connectivity index (χ3v) is 4.47. The average Bonchev–Trinajstić information content (AvgIpc) is 2.63. The van der Waals surface area contributed by atoms with E-state index in [-0.39, 0.29) is 15.8 Å². The third kappa shape index (κ3) is 3.15. The van der Waals surface area contributed by atoms with Crippen molar-refractivity contribution in [2.24, 2.45) is 0 Å². The molecule has 1 aromatic carbocycles. The zero-order chi connectivity index (χ0) is 13.3. The van der Waals surface area contributed by atoms with Gasteiger partial charge in [-0.3, -0.25) is 0 Å². The minimum absolute atomic E-state index is 0.118. The monoisotopic (exact) mass is 413 g/mol. The molecule has 0 aliphatic heterocycles. The third-order valence-electron chi connectivity index (χ3n) is 2.18. The number of rotatable bonds is 3. The molecule has 0 saturated carbocycles. The molecule has 0 amide bonds. The zero-order valence-electron chi connectivity index (χ0n) is 8.81. The Hall–Kier alpha value is -0.360. The Morgan fingerprint density at radius 3 is 2.28 bits per heavy atom. The van der Waals surface area contributed by atoms with E-state index in [1.807, 2.05) is 6.07 Å². The fraction of sp³-hybridized carbons (Fsp3) is 0.0909. The first-order valence-electron chi connectivity index (χ1n) is 4.83. The van der Waals surface area contributed by atoms with E-state index >= 15 is 0 Å². The molecular formula is C11H7Br2Cl2NO2. The topological polar surface area (TPSA) is 45.4 Å². The second-order valence-corrected chi connectivity index (χ2v) is 5.87. The van der Waals surface area contributed by atoms with E-state index in [1.165, 1.54) is 0 Å². The Kier molecular flexibility index (Phi) is 4.48. The largest absolute Gasteiger partial charge is 0.505 e. The lowest BCUT2D eigenvalue weighted by Gasteiger charge is -2.07. The van der Waals surface area contributed by atoms with Gasteiger partial charge in [-0.25, -0.2) is 0 Å². The van der Waals surface area contributed by atoms with Gasteiger partial charge in [0.1, 0.15) is 5.76 Å². The van der Waals surface area contributed by atoms with Gasteiger partial charge in [-0.05, 0) is 50.1 Å². The fourth-order valence-corrected chi connectivity index (χ4v) is 2.48. The highest BCUT2D eigenvalue weighted by Crippen LogP contribution is 2.35. The average molecular weight is 416 g/mol. The maximum Gasteiger partial charge on any atom is 0.183 e. The van der Waals surface area contributed by atoms with Crippen molar-refractivity contribution in [3.8, 4) is 5.75 Å². The molecule has 0 bridgehead atoms. The van der Waals surface area contributed by atoms with Crippen LogP contribution < -0.4 is 5.32 Å². The first kappa shape index (κ1) is 14.1. The molecule has 0 aliphatic carbocycles. The van der Waals surface area contributed by atoms with Crippen molar-refractivity contribution < 1.29 is 9.52 Å². The van der Waals surface area contributed by atoms with E-state index in [2.05, 4.69) is 37.2 Å². The van der Waals surface area contributed by atoms with Gasteiger partial charge in [-0.2, -0.15) is 0 Å². The highest BCUT2D eigenvalue weighted by molar-refractivity contribution is 9.13. The van der Waals surface area contributed by atoms with Crippen molar-refractivity contribution in [1.82, 2.24) is 0 Å². The standard InChI is InChI=1S/C11H7Br2Cl2NO2/c12-7-3-6(18-11(7)13)4-16-5-1-8(14)10(17)9(15)2-5/h1-3,16-17H,4H2. The van der Waals surface area contributed by atoms with Gasteiger partial charge in [-0.15, -0.1) is 0 Å². The molecule has 0 atom stereocenters. The van der Waals surface area contributed by atoms with Gasteiger partial charge in [-0.1, -0.05) is 23.2 Å². The number of phenols is 1. The van der Waals surface area contributed by atoms with Crippen LogP contribution in [0.5, 0.6) is 5.75 Å². The quantitative estimate of drug-likeness (QED) is 0.657. The number of furan rings is 1. The molecular weight excluding hydrogens is 409 g/mol. The lowest BCUT2D eigenvalue weighted by molar-refractivity contribution is 0.476. The van der Waals surface area contributed by atoms with Crippen molar-refractivity contribution in [2.75, 3.05) is 5.32 Å². The van der Waals surface area contributed by atoms with Crippen LogP contribution in [0.15, 0.2) is 31.8 Å². The molecule has 0 unspecified atom stereocenters. The Morgan fingerprint density at radius 1 is 1.17 bits per heavy atom. The predicted octanol–water partition coefficient (Wildman–Crippen LogP) is 5.43. The molecule has 0 saturated heterocycles. The molecule has 18 heavy (non-hydrogen) atoms. The van der Waals surface area contributed by atoms with Crippen LogP contribution in [0.25, 0.3) is 0 Å². The summed E-state index contributed by atoms with van der Waals surface area (Å²) in [6.07, 6.45) is 0. The van der Waals surface area contributed by atoms with Crippen molar-refractivity contribution in [3.05, 3.63) is 43.1 Å². The van der Waals surface area contributed by atoms with E-state index in [9.17, 15) is 5.11 Å². The van der Waals surface area contributed by atoms with Gasteiger partial charge >= 0.3 is 0 Å². The van der Waals surface area contributed by atoms with Crippen molar-refractivity contribution >= 4 is 60.7 Å². The molecule has 1 heterocycles. The van der Waals surface area contributed by atoms with Gasteiger partial charge in [0.2, 0.25) is 0 Å². The molecule has 0 fully saturated rings. The van der Waals surface area contributed by atoms with Crippen LogP contribution in [-0.4, -0.2) is 5.11 Å². The summed E-state index contributed by atoms with van der Waals surface area (Å²) in [4.78, 5) is 0. The van der Waals surface area contributed by atoms with Gasteiger partial charge < -0.3 is 14.8 Å². The number of halogens is 4. The molecule has 7 heteroatoms. The number of nitrogens with one attached hydrogen (secondary N) is 1. The normalized spacial score (nSPS) is 10.7. The number of phenolic OH excluding ortho intramolecular Hbond substituents is 1. The maximum absolute atomic E-state index is 9.43. The molecule has 96 valence electrons. The van der Waals surface area contributed by atoms with E-state index in [0.717, 1.165) is 10.2 Å². The highest BCUT2D eigenvalue weighted by Gasteiger charge is 2.08. The van der Waals surface area contributed by atoms with Crippen molar-refractivity contribution in [1.29, 1.82) is 0 Å². The van der Waals surface area contributed by atoms with Crippen molar-refractivity contribution in [2.45, 2.75) is 6.54 Å². The summed E-state index contributed by atoms with van der Waals surface area (Å²) in [5.41, 5.74) is 0.700. The Labute approximate surface area is 130 Å². The second-order valence-electron chi connectivity index (χ2n) is 3.48. The number of hydrogen-bond donors (Lipinski definition) is 2. The number of benzene rings is 1. The van der Waals surface area contributed by atoms with E-state index in [1.54, 1.807) is 12.1 Å². The van der Waals surface area contributed by atoms with E-state index in [0.29, 0.717) is 16.9 Å². The summed E-state index contributed by atoms with van der Waals surface area (Å²) in [5, 5.41) is 12.9. The molecule has 2 N–H and O–H groups in total. The number of anilines is 1. The predicted molar refractivity (Wildman–Crippen MR) is 79.6 cm³/mol. The first-order chi connectivity index (χ1) is 8.47. The minimum atomic E-state index is -0.118. The van der Waals surface area contributed by atoms with Crippen LogP contribution in [-0.2, 0) is 6.54 Å². The molecule has 3 nitrogen and oxygen atoms in total. The Balaban J connectivity index is 2.11. The van der Waals surface area contributed by atoms with Crippen LogP contribution in [0.1, 0.15) is 5.76 Å². The lowest BCUT2D eigenvalue weighted by atomic mass is 10.3. The first-order valence-corrected chi connectivity index (χ1v) is 7.17. The van der Waals surface area contributed by atoms with Crippen LogP contribution in [0.4, 0.5) is 5.69 Å². The highest BCUT2D eigenvalue weighted by atomic mass is 79.9. The smallest absolute Gasteiger partial charge is 0.183 e. The van der Waals surface area contributed by atoms with Crippen molar-refractivity contribution in [3.63, 3.8) is 0 Å². The summed E-state index contributed by atoms with van der Waals surface area (Å²) in [6.45, 7) is 0.474. The zero-order valence-corrected chi connectivity index (χ0v) is 13.5. The lowest BCUT2D eigenvalue weighted by Crippen LogP contribution is -1.98. The van der Waals surface area contributed by atoms with E-state index in [4.69, 9.17) is 27.6 Å². The SMILES string of the molecule is Oc1c(Cl)cc(NCc2cc(Br)c(Br)o2)cc1Cl. The van der Waals surface area contributed by atoms with Crippen LogP contribution in [0.3, 0.4) is 0 Å². The van der Waals surface area contributed by atoms with E-state index < -0.39 is 0 Å². The summed E-state index contributed by atoms with van der Waals surface area (Å²) >= 11 is 18.2. The van der Waals surface area contributed by atoms with Gasteiger partial charge in [0, 0.05) is 5.69 Å². The Morgan fingerprint density at radius 2 is 1.78 bits per heavy atom. The summed E-state index contributed by atoms with van der Waals surface area (Å²) in [7, 11) is 0. The molecule has 2 aromatic rings. The molecule has 0 radical (unpaired) electrons. The number of aromatic hydroxyl groups is 1. The molecule has 0 spiro atoms. The summed E-state index contributed by atoms with van der Waals surface area (Å²) in [6, 6.07) is 5.03. The minimum Gasteiger partial charge on any atom is -0.505 e. The second kappa shape index (κ2) is 5.74. The van der Waals surface area contributed by atoms with Gasteiger partial charge in [0.05, 0.1) is 21.1 Å². The molecule has 2 rings (SSSR count). The maximum atomic E-state index is 9.43. The molecule has 1 aromatic heterocycles. The number of hydrogen-bond acceptors (Lipinski definition) is 3.